The van der Waals surface area contributed by atoms with Crippen LogP contribution in [0.25, 0.3) is 11.0 Å². The molecule has 1 amide bonds. The summed E-state index contributed by atoms with van der Waals surface area (Å²) in [5.41, 5.74) is -1.86. The van der Waals surface area contributed by atoms with Crippen molar-refractivity contribution in [3.8, 4) is 0 Å². The number of alkyl halides is 3. The summed E-state index contributed by atoms with van der Waals surface area (Å²) in [6.07, 6.45) is -4.68. The molecule has 140 valence electrons. The Labute approximate surface area is 151 Å². The zero-order valence-electron chi connectivity index (χ0n) is 14.1. The SMILES string of the molecule is Cc1c(C(=O)NCc2ccccc2)[n+](=O)c2cc(C(F)(F)F)ccc2n1[O-]. The molecule has 2 aromatic carbocycles. The molecule has 0 saturated carbocycles. The molecule has 0 bridgehead atoms. The number of rotatable bonds is 3. The summed E-state index contributed by atoms with van der Waals surface area (Å²) < 4.78 is 39.1. The van der Waals surface area contributed by atoms with E-state index in [0.717, 1.165) is 11.6 Å². The second-order valence-electron chi connectivity index (χ2n) is 5.89. The first-order valence-corrected chi connectivity index (χ1v) is 7.89. The van der Waals surface area contributed by atoms with Crippen LogP contribution >= 0.6 is 0 Å². The molecule has 0 unspecified atom stereocenters. The molecule has 27 heavy (non-hydrogen) atoms. The third-order valence-corrected chi connectivity index (χ3v) is 4.10. The lowest BCUT2D eigenvalue weighted by Crippen LogP contribution is -2.36. The summed E-state index contributed by atoms with van der Waals surface area (Å²) in [6.45, 7) is 1.36. The summed E-state index contributed by atoms with van der Waals surface area (Å²) >= 11 is 0. The molecule has 9 heteroatoms. The van der Waals surface area contributed by atoms with Gasteiger partial charge in [-0.1, -0.05) is 30.3 Å². The molecule has 0 spiro atoms. The van der Waals surface area contributed by atoms with Crippen LogP contribution in [0, 0.1) is 17.0 Å². The molecule has 0 radical (unpaired) electrons. The lowest BCUT2D eigenvalue weighted by atomic mass is 10.1. The van der Waals surface area contributed by atoms with Crippen LogP contribution < -0.4 is 9.74 Å². The van der Waals surface area contributed by atoms with Crippen LogP contribution in [0.1, 0.15) is 27.3 Å². The van der Waals surface area contributed by atoms with Crippen LogP contribution in [-0.4, -0.2) is 10.6 Å². The van der Waals surface area contributed by atoms with Crippen molar-refractivity contribution in [2.45, 2.75) is 19.6 Å². The Balaban J connectivity index is 2.06. The van der Waals surface area contributed by atoms with E-state index in [1.54, 1.807) is 30.3 Å². The molecule has 6 nitrogen and oxygen atoms in total. The van der Waals surface area contributed by atoms with Crippen LogP contribution in [-0.2, 0) is 12.7 Å². The first kappa shape index (κ1) is 18.4. The Hall–Kier alpha value is -3.36. The molecule has 1 heterocycles. The number of nitrogens with one attached hydrogen (secondary N) is 1. The van der Waals surface area contributed by atoms with E-state index in [2.05, 4.69) is 5.32 Å². The number of carbonyl (C=O) groups is 1. The molecule has 0 aliphatic rings. The van der Waals surface area contributed by atoms with Crippen LogP contribution in [0.15, 0.2) is 48.5 Å². The molecule has 0 saturated heterocycles. The molecule has 0 fully saturated rings. The molecular formula is C18H14F3N3O3. The van der Waals surface area contributed by atoms with E-state index < -0.39 is 28.9 Å². The van der Waals surface area contributed by atoms with Gasteiger partial charge in [0.1, 0.15) is 5.52 Å². The van der Waals surface area contributed by atoms with E-state index in [-0.39, 0.29) is 26.9 Å². The van der Waals surface area contributed by atoms with Gasteiger partial charge in [-0.3, -0.25) is 4.79 Å². The maximum absolute atomic E-state index is 12.9. The van der Waals surface area contributed by atoms with E-state index in [1.807, 2.05) is 0 Å². The van der Waals surface area contributed by atoms with Gasteiger partial charge in [0.25, 0.3) is 5.52 Å². The number of aromatic nitrogens is 2. The highest BCUT2D eigenvalue weighted by molar-refractivity contribution is 5.93. The maximum Gasteiger partial charge on any atom is 0.416 e. The molecule has 0 aliphatic carbocycles. The Morgan fingerprint density at radius 1 is 1.19 bits per heavy atom. The van der Waals surface area contributed by atoms with Crippen molar-refractivity contribution < 1.29 is 22.4 Å². The fourth-order valence-electron chi connectivity index (χ4n) is 2.70. The fourth-order valence-corrected chi connectivity index (χ4v) is 2.70. The number of halogens is 3. The number of benzene rings is 2. The molecule has 1 aromatic heterocycles. The second kappa shape index (κ2) is 6.75. The smallest absolute Gasteiger partial charge is 0.416 e. The van der Waals surface area contributed by atoms with Crippen LogP contribution in [0.4, 0.5) is 13.2 Å². The molecule has 1 N–H and O–H groups in total. The van der Waals surface area contributed by atoms with Crippen LogP contribution in [0.2, 0.25) is 0 Å². The number of hydrogen-bond acceptors (Lipinski definition) is 3. The van der Waals surface area contributed by atoms with Gasteiger partial charge < -0.3 is 15.3 Å². The summed E-state index contributed by atoms with van der Waals surface area (Å²) in [4.78, 5) is 25.0. The van der Waals surface area contributed by atoms with Crippen molar-refractivity contribution in [2.24, 2.45) is 0 Å². The van der Waals surface area contributed by atoms with Crippen molar-refractivity contribution in [3.63, 3.8) is 0 Å². The fraction of sp³-hybridized carbons (Fsp3) is 0.167. The van der Waals surface area contributed by atoms with Gasteiger partial charge in [-0.25, -0.2) is 0 Å². The van der Waals surface area contributed by atoms with Gasteiger partial charge in [0.05, 0.1) is 15.7 Å². The predicted molar refractivity (Wildman–Crippen MR) is 91.4 cm³/mol. The van der Waals surface area contributed by atoms with Crippen molar-refractivity contribution in [1.29, 1.82) is 0 Å². The van der Waals surface area contributed by atoms with E-state index in [1.165, 1.54) is 6.92 Å². The Bertz CT molecular complexity index is 1080. The van der Waals surface area contributed by atoms with Crippen molar-refractivity contribution >= 4 is 16.9 Å². The molecule has 0 atom stereocenters. The van der Waals surface area contributed by atoms with E-state index in [4.69, 9.17) is 0 Å². The van der Waals surface area contributed by atoms with Gasteiger partial charge in [-0.2, -0.15) is 13.2 Å². The first-order valence-electron chi connectivity index (χ1n) is 7.89. The standard InChI is InChI=1S/C18H14F3N3O3/c1-11-16(17(25)22-10-12-5-3-2-4-6-12)24(27)15-9-13(18(19,20)21)7-8-14(15)23(11)26/h2-9H,10H2,1H3,(H,22,25). The van der Waals surface area contributed by atoms with Crippen molar-refractivity contribution in [2.75, 3.05) is 0 Å². The maximum atomic E-state index is 12.9. The van der Waals surface area contributed by atoms with Gasteiger partial charge in [0.15, 0.2) is 0 Å². The average molecular weight is 377 g/mol. The van der Waals surface area contributed by atoms with Crippen molar-refractivity contribution in [1.82, 2.24) is 10.0 Å². The third kappa shape index (κ3) is 3.48. The van der Waals surface area contributed by atoms with Gasteiger partial charge in [-0.15, -0.1) is 0 Å². The summed E-state index contributed by atoms with van der Waals surface area (Å²) in [6, 6.07) is 11.0. The third-order valence-electron chi connectivity index (χ3n) is 4.10. The largest absolute Gasteiger partial charge is 0.805 e. The van der Waals surface area contributed by atoms with E-state index >= 15 is 0 Å². The highest BCUT2D eigenvalue weighted by Gasteiger charge is 2.33. The predicted octanol–water partition coefficient (Wildman–Crippen LogP) is 3.16. The first-order chi connectivity index (χ1) is 12.7. The average Bonchev–Trinajstić information content (AvgIpc) is 2.64. The number of fused-ring (bicyclic) bond motifs is 1. The summed E-state index contributed by atoms with van der Waals surface area (Å²) in [5, 5.41) is 14.8. The normalized spacial score (nSPS) is 11.6. The quantitative estimate of drug-likeness (QED) is 0.712. The molecular weight excluding hydrogens is 363 g/mol. The van der Waals surface area contributed by atoms with Gasteiger partial charge in [-0.05, 0) is 24.6 Å². The highest BCUT2D eigenvalue weighted by atomic mass is 19.4. The van der Waals surface area contributed by atoms with E-state index in [0.29, 0.717) is 12.1 Å². The van der Waals surface area contributed by atoms with Crippen LogP contribution in [0.5, 0.6) is 0 Å². The lowest BCUT2D eigenvalue weighted by molar-refractivity contribution is -0.468. The Morgan fingerprint density at radius 3 is 2.48 bits per heavy atom. The van der Waals surface area contributed by atoms with Crippen molar-refractivity contribution in [3.05, 3.63) is 81.2 Å². The molecule has 0 aliphatic heterocycles. The number of carbonyl (C=O) groups excluding carboxylic acids is 1. The second-order valence-corrected chi connectivity index (χ2v) is 5.89. The minimum atomic E-state index is -4.68. The van der Waals surface area contributed by atoms with Gasteiger partial charge in [0, 0.05) is 17.5 Å². The minimum absolute atomic E-state index is 0.0641. The highest BCUT2D eigenvalue weighted by Crippen LogP contribution is 2.30. The number of hydrogen-bond donors (Lipinski definition) is 1. The van der Waals surface area contributed by atoms with E-state index in [9.17, 15) is 28.1 Å². The summed E-state index contributed by atoms with van der Waals surface area (Å²) in [7, 11) is 0. The zero-order valence-corrected chi connectivity index (χ0v) is 14.1. The van der Waals surface area contributed by atoms with Crippen LogP contribution in [0.3, 0.4) is 0 Å². The monoisotopic (exact) mass is 377 g/mol. The Morgan fingerprint density at radius 2 is 1.85 bits per heavy atom. The van der Waals surface area contributed by atoms with Gasteiger partial charge >= 0.3 is 17.8 Å². The molecule has 3 aromatic rings. The number of amides is 1. The number of nitrogens with zero attached hydrogens (tertiary/aromatic N) is 2. The van der Waals surface area contributed by atoms with Gasteiger partial charge in [0.2, 0.25) is 0 Å². The minimum Gasteiger partial charge on any atom is -0.805 e. The topological polar surface area (TPSA) is 80.1 Å². The zero-order chi connectivity index (χ0) is 19.8. The Kier molecular flexibility index (Phi) is 4.61. The summed E-state index contributed by atoms with van der Waals surface area (Å²) in [5.74, 6) is -0.852. The lowest BCUT2D eigenvalue weighted by Gasteiger charge is -2.17. The molecule has 3 rings (SSSR count).